The molecule has 1 aromatic carbocycles. The van der Waals surface area contributed by atoms with Crippen LogP contribution in [0, 0.1) is 6.92 Å². The fraction of sp³-hybridized carbons (Fsp3) is 0.471. The maximum absolute atomic E-state index is 12.8. The van der Waals surface area contributed by atoms with Gasteiger partial charge in [0.25, 0.3) is 0 Å². The maximum atomic E-state index is 12.8. The molecule has 0 N–H and O–H groups in total. The topological polar surface area (TPSA) is 54.5 Å². The summed E-state index contributed by atoms with van der Waals surface area (Å²) in [6, 6.07) is 6.84. The van der Waals surface area contributed by atoms with Crippen LogP contribution in [0.1, 0.15) is 38.2 Å². The normalized spacial score (nSPS) is 14.8. The molecule has 1 fully saturated rings. The highest BCUT2D eigenvalue weighted by Crippen LogP contribution is 2.25. The zero-order chi connectivity index (χ0) is 16.2. The van der Waals surface area contributed by atoms with Crippen LogP contribution in [0.4, 0.5) is 0 Å². The Balaban J connectivity index is 2.20. The molecule has 1 aliphatic carbocycles. The number of hydrogen-bond donors (Lipinski definition) is 0. The lowest BCUT2D eigenvalue weighted by Gasteiger charge is -2.23. The zero-order valence-electron chi connectivity index (χ0n) is 13.2. The molecule has 0 aliphatic heterocycles. The van der Waals surface area contributed by atoms with Crippen LogP contribution in [0.5, 0.6) is 0 Å². The lowest BCUT2D eigenvalue weighted by atomic mass is 9.92. The standard InChI is InChI=1S/C17H23NO3S/c1-14-6-8-17(9-7-14)22(20,21)18(12-10-15(2)19)13-11-16-4-3-5-16/h6-9,11H,3-5,10,12-13H2,1-2H3. The molecule has 22 heavy (non-hydrogen) atoms. The molecule has 5 heteroatoms. The van der Waals surface area contributed by atoms with Gasteiger partial charge in [0.2, 0.25) is 10.0 Å². The summed E-state index contributed by atoms with van der Waals surface area (Å²) >= 11 is 0. The van der Waals surface area contributed by atoms with Crippen molar-refractivity contribution in [2.75, 3.05) is 13.1 Å². The molecule has 1 aliphatic rings. The Morgan fingerprint density at radius 2 is 1.86 bits per heavy atom. The number of aryl methyl sites for hydroxylation is 1. The van der Waals surface area contributed by atoms with Crippen molar-refractivity contribution in [3.8, 4) is 0 Å². The molecule has 1 aromatic rings. The predicted octanol–water partition coefficient (Wildman–Crippen LogP) is 3.08. The molecule has 4 nitrogen and oxygen atoms in total. The lowest BCUT2D eigenvalue weighted by molar-refractivity contribution is -0.117. The number of hydrogen-bond acceptors (Lipinski definition) is 3. The molecule has 0 aromatic heterocycles. The summed E-state index contributed by atoms with van der Waals surface area (Å²) in [5, 5.41) is 0. The molecular weight excluding hydrogens is 298 g/mol. The third-order valence-corrected chi connectivity index (χ3v) is 5.83. The van der Waals surface area contributed by atoms with Gasteiger partial charge in [0.05, 0.1) is 4.90 Å². The Morgan fingerprint density at radius 1 is 1.23 bits per heavy atom. The monoisotopic (exact) mass is 321 g/mol. The third-order valence-electron chi connectivity index (χ3n) is 3.95. The molecule has 0 bridgehead atoms. The van der Waals surface area contributed by atoms with Gasteiger partial charge in [0, 0.05) is 19.5 Å². The van der Waals surface area contributed by atoms with Gasteiger partial charge in [-0.15, -0.1) is 0 Å². The number of ketones is 1. The molecule has 0 spiro atoms. The highest BCUT2D eigenvalue weighted by molar-refractivity contribution is 7.89. The van der Waals surface area contributed by atoms with Crippen LogP contribution in [0.15, 0.2) is 40.8 Å². The Labute approximate surface area is 132 Å². The van der Waals surface area contributed by atoms with Gasteiger partial charge in [0.1, 0.15) is 5.78 Å². The van der Waals surface area contributed by atoms with Crippen LogP contribution in [0.25, 0.3) is 0 Å². The van der Waals surface area contributed by atoms with Crippen LogP contribution < -0.4 is 0 Å². The first-order valence-corrected chi connectivity index (χ1v) is 9.08. The minimum absolute atomic E-state index is 0.000373. The summed E-state index contributed by atoms with van der Waals surface area (Å²) in [6.07, 6.45) is 5.55. The first-order valence-electron chi connectivity index (χ1n) is 7.64. The van der Waals surface area contributed by atoms with Gasteiger partial charge in [-0.05, 0) is 45.2 Å². The first-order chi connectivity index (χ1) is 10.4. The smallest absolute Gasteiger partial charge is 0.243 e. The number of benzene rings is 1. The van der Waals surface area contributed by atoms with Gasteiger partial charge < -0.3 is 0 Å². The number of rotatable bonds is 7. The van der Waals surface area contributed by atoms with E-state index in [9.17, 15) is 13.2 Å². The maximum Gasteiger partial charge on any atom is 0.243 e. The quantitative estimate of drug-likeness (QED) is 0.725. The van der Waals surface area contributed by atoms with Crippen LogP contribution in [-0.4, -0.2) is 31.6 Å². The summed E-state index contributed by atoms with van der Waals surface area (Å²) in [7, 11) is -3.56. The molecule has 0 radical (unpaired) electrons. The minimum atomic E-state index is -3.56. The van der Waals surface area contributed by atoms with E-state index in [-0.39, 0.29) is 23.6 Å². The number of carbonyl (C=O) groups is 1. The Morgan fingerprint density at radius 3 is 2.36 bits per heavy atom. The zero-order valence-corrected chi connectivity index (χ0v) is 14.0. The molecule has 2 rings (SSSR count). The Bertz CT molecular complexity index is 654. The van der Waals surface area contributed by atoms with E-state index >= 15 is 0 Å². The second kappa shape index (κ2) is 7.20. The molecule has 0 saturated heterocycles. The van der Waals surface area contributed by atoms with Crippen molar-refractivity contribution in [2.45, 2.75) is 44.4 Å². The van der Waals surface area contributed by atoms with Crippen molar-refractivity contribution in [2.24, 2.45) is 0 Å². The van der Waals surface area contributed by atoms with Crippen molar-refractivity contribution in [3.63, 3.8) is 0 Å². The number of Topliss-reactive ketones (excluding diaryl/α,β-unsaturated/α-hetero) is 1. The van der Waals surface area contributed by atoms with Gasteiger partial charge in [-0.3, -0.25) is 4.79 Å². The van der Waals surface area contributed by atoms with Crippen molar-refractivity contribution < 1.29 is 13.2 Å². The lowest BCUT2D eigenvalue weighted by Crippen LogP contribution is -2.33. The van der Waals surface area contributed by atoms with E-state index in [1.165, 1.54) is 23.2 Å². The van der Waals surface area contributed by atoms with Crippen LogP contribution in [0.3, 0.4) is 0 Å². The summed E-state index contributed by atoms with van der Waals surface area (Å²) < 4.78 is 26.9. The van der Waals surface area contributed by atoms with E-state index in [0.717, 1.165) is 18.4 Å². The van der Waals surface area contributed by atoms with E-state index in [0.29, 0.717) is 6.54 Å². The second-order valence-electron chi connectivity index (χ2n) is 5.84. The first kappa shape index (κ1) is 16.9. The predicted molar refractivity (Wildman–Crippen MR) is 87.2 cm³/mol. The van der Waals surface area contributed by atoms with Gasteiger partial charge >= 0.3 is 0 Å². The fourth-order valence-corrected chi connectivity index (χ4v) is 3.65. The molecule has 1 saturated carbocycles. The van der Waals surface area contributed by atoms with Gasteiger partial charge in [-0.1, -0.05) is 29.3 Å². The van der Waals surface area contributed by atoms with E-state index < -0.39 is 10.0 Å². The van der Waals surface area contributed by atoms with Gasteiger partial charge in [-0.2, -0.15) is 4.31 Å². The van der Waals surface area contributed by atoms with Crippen molar-refractivity contribution in [1.82, 2.24) is 4.31 Å². The van der Waals surface area contributed by atoms with Gasteiger partial charge in [-0.25, -0.2) is 8.42 Å². The average Bonchev–Trinajstić information content (AvgIpc) is 2.40. The summed E-state index contributed by atoms with van der Waals surface area (Å²) in [5.41, 5.74) is 2.33. The summed E-state index contributed by atoms with van der Waals surface area (Å²) in [4.78, 5) is 11.5. The number of nitrogens with zero attached hydrogens (tertiary/aromatic N) is 1. The summed E-state index contributed by atoms with van der Waals surface area (Å²) in [5.74, 6) is 0.000373. The highest BCUT2D eigenvalue weighted by Gasteiger charge is 2.24. The number of carbonyl (C=O) groups excluding carboxylic acids is 1. The SMILES string of the molecule is CC(=O)CCN(CC=C1CCC1)S(=O)(=O)c1ccc(C)cc1. The number of allylic oxidation sites excluding steroid dienone is 1. The molecule has 0 heterocycles. The molecular formula is C17H23NO3S. The van der Waals surface area contributed by atoms with Crippen molar-refractivity contribution in [1.29, 1.82) is 0 Å². The van der Waals surface area contributed by atoms with E-state index in [1.807, 2.05) is 13.0 Å². The molecule has 120 valence electrons. The van der Waals surface area contributed by atoms with Crippen LogP contribution >= 0.6 is 0 Å². The second-order valence-corrected chi connectivity index (χ2v) is 7.78. The molecule has 0 unspecified atom stereocenters. The van der Waals surface area contributed by atoms with Crippen LogP contribution in [-0.2, 0) is 14.8 Å². The van der Waals surface area contributed by atoms with E-state index in [4.69, 9.17) is 0 Å². The van der Waals surface area contributed by atoms with Crippen LogP contribution in [0.2, 0.25) is 0 Å². The van der Waals surface area contributed by atoms with E-state index in [2.05, 4.69) is 0 Å². The summed E-state index contributed by atoms with van der Waals surface area (Å²) in [6.45, 7) is 3.99. The van der Waals surface area contributed by atoms with Gasteiger partial charge in [0.15, 0.2) is 0 Å². The molecule has 0 atom stereocenters. The minimum Gasteiger partial charge on any atom is -0.300 e. The van der Waals surface area contributed by atoms with Crippen molar-refractivity contribution >= 4 is 15.8 Å². The highest BCUT2D eigenvalue weighted by atomic mass is 32.2. The number of sulfonamides is 1. The fourth-order valence-electron chi connectivity index (χ4n) is 2.27. The van der Waals surface area contributed by atoms with E-state index in [1.54, 1.807) is 24.3 Å². The largest absolute Gasteiger partial charge is 0.300 e. The Hall–Kier alpha value is -1.46. The average molecular weight is 321 g/mol. The molecule has 0 amide bonds. The van der Waals surface area contributed by atoms with Crippen molar-refractivity contribution in [3.05, 3.63) is 41.5 Å². The third kappa shape index (κ3) is 4.27. The Kier molecular flexibility index (Phi) is 5.53.